The number of rotatable bonds is 8. The van der Waals surface area contributed by atoms with Crippen molar-refractivity contribution in [2.75, 3.05) is 6.61 Å². The van der Waals surface area contributed by atoms with Crippen molar-refractivity contribution in [2.24, 2.45) is 0 Å². The topological polar surface area (TPSA) is 9.23 Å². The Bertz CT molecular complexity index is 351. The van der Waals surface area contributed by atoms with Gasteiger partial charge in [0.15, 0.2) is 3.79 Å². The van der Waals surface area contributed by atoms with Crippen molar-refractivity contribution in [3.63, 3.8) is 0 Å². The summed E-state index contributed by atoms with van der Waals surface area (Å²) in [5.74, 6) is 0. The smallest absolute Gasteiger partial charge is 0.192 e. The highest BCUT2D eigenvalue weighted by molar-refractivity contribution is 6.67. The van der Waals surface area contributed by atoms with Crippen LogP contribution in [0.2, 0.25) is 0 Å². The van der Waals surface area contributed by atoms with Crippen LogP contribution in [0.1, 0.15) is 19.3 Å². The maximum atomic E-state index is 5.63. The molecular weight excluding hydrogens is 291 g/mol. The third-order valence-corrected chi connectivity index (χ3v) is 2.97. The molecule has 0 bridgehead atoms. The molecule has 100 valence electrons. The lowest BCUT2D eigenvalue weighted by molar-refractivity contribution is 0.128. The van der Waals surface area contributed by atoms with Crippen LogP contribution in [0.4, 0.5) is 0 Å². The van der Waals surface area contributed by atoms with Gasteiger partial charge in [-0.2, -0.15) is 0 Å². The summed E-state index contributed by atoms with van der Waals surface area (Å²) in [4.78, 5) is 0. The molecule has 0 heterocycles. The van der Waals surface area contributed by atoms with Crippen LogP contribution < -0.4 is 0 Å². The molecule has 0 N–H and O–H groups in total. The minimum Gasteiger partial charge on any atom is -0.370 e. The predicted octanol–water partition coefficient (Wildman–Crippen LogP) is 5.15. The van der Waals surface area contributed by atoms with Crippen molar-refractivity contribution in [1.29, 1.82) is 0 Å². The second-order valence-corrected chi connectivity index (χ2v) is 6.50. The molecule has 1 aliphatic rings. The first-order valence-corrected chi connectivity index (χ1v) is 6.99. The van der Waals surface area contributed by atoms with Gasteiger partial charge < -0.3 is 4.74 Å². The van der Waals surface area contributed by atoms with Crippen LogP contribution in [-0.4, -0.2) is 16.5 Å². The Balaban J connectivity index is 2.00. The van der Waals surface area contributed by atoms with E-state index in [0.717, 1.165) is 12.8 Å². The lowest BCUT2D eigenvalue weighted by Crippen LogP contribution is -2.09. The van der Waals surface area contributed by atoms with E-state index in [2.05, 4.69) is 18.7 Å². The number of halogens is 3. The average Bonchev–Trinajstić information content (AvgIpc) is 3.00. The highest BCUT2D eigenvalue weighted by Gasteiger charge is 2.26. The highest BCUT2D eigenvalue weighted by atomic mass is 35.6. The molecule has 0 spiro atoms. The highest BCUT2D eigenvalue weighted by Crippen LogP contribution is 2.32. The van der Waals surface area contributed by atoms with Crippen molar-refractivity contribution < 1.29 is 4.74 Å². The van der Waals surface area contributed by atoms with E-state index in [1.807, 2.05) is 18.2 Å². The molecule has 1 aliphatic carbocycles. The fourth-order valence-electron chi connectivity index (χ4n) is 1.40. The van der Waals surface area contributed by atoms with Crippen molar-refractivity contribution in [1.82, 2.24) is 0 Å². The number of hydrogen-bond acceptors (Lipinski definition) is 1. The summed E-state index contributed by atoms with van der Waals surface area (Å²) >= 11 is 16.9. The van der Waals surface area contributed by atoms with Crippen LogP contribution in [-0.2, 0) is 4.74 Å². The normalized spacial score (nSPS) is 19.5. The van der Waals surface area contributed by atoms with E-state index in [1.165, 1.54) is 5.57 Å². The van der Waals surface area contributed by atoms with E-state index in [-0.39, 0.29) is 6.10 Å². The zero-order chi connectivity index (χ0) is 13.4. The molecule has 4 heteroatoms. The molecule has 1 atom stereocenters. The molecule has 0 aromatic rings. The van der Waals surface area contributed by atoms with Crippen LogP contribution in [0.3, 0.4) is 0 Å². The van der Waals surface area contributed by atoms with E-state index >= 15 is 0 Å². The summed E-state index contributed by atoms with van der Waals surface area (Å²) in [5, 5.41) is 0. The Morgan fingerprint density at radius 2 is 2.06 bits per heavy atom. The Kier molecular flexibility index (Phi) is 7.10. The maximum Gasteiger partial charge on any atom is 0.192 e. The third kappa shape index (κ3) is 7.99. The molecule has 0 aromatic carbocycles. The van der Waals surface area contributed by atoms with Crippen molar-refractivity contribution >= 4 is 34.8 Å². The largest absolute Gasteiger partial charge is 0.370 e. The summed E-state index contributed by atoms with van der Waals surface area (Å²) in [6.07, 6.45) is 14.5. The summed E-state index contributed by atoms with van der Waals surface area (Å²) in [6.45, 7) is 4.07. The fraction of sp³-hybridized carbons (Fsp3) is 0.429. The van der Waals surface area contributed by atoms with Crippen LogP contribution in [0.15, 0.2) is 48.6 Å². The molecule has 1 unspecified atom stereocenters. The molecular formula is C14H17Cl3O. The monoisotopic (exact) mass is 306 g/mol. The van der Waals surface area contributed by atoms with Gasteiger partial charge in [0.05, 0.1) is 12.7 Å². The molecule has 1 nitrogen and oxygen atoms in total. The van der Waals surface area contributed by atoms with Crippen LogP contribution in [0, 0.1) is 0 Å². The van der Waals surface area contributed by atoms with Gasteiger partial charge in [0.1, 0.15) is 0 Å². The van der Waals surface area contributed by atoms with Crippen LogP contribution >= 0.6 is 34.8 Å². The fourth-order valence-corrected chi connectivity index (χ4v) is 1.63. The van der Waals surface area contributed by atoms with Crippen molar-refractivity contribution in [2.45, 2.75) is 29.2 Å². The van der Waals surface area contributed by atoms with Gasteiger partial charge >= 0.3 is 0 Å². The van der Waals surface area contributed by atoms with E-state index in [0.29, 0.717) is 13.0 Å². The molecule has 0 saturated heterocycles. The van der Waals surface area contributed by atoms with Gasteiger partial charge in [0, 0.05) is 6.42 Å². The van der Waals surface area contributed by atoms with Gasteiger partial charge in [-0.05, 0) is 24.5 Å². The first-order chi connectivity index (χ1) is 8.53. The number of ether oxygens (including phenoxy) is 1. The van der Waals surface area contributed by atoms with Crippen molar-refractivity contribution in [3.8, 4) is 0 Å². The Hall–Kier alpha value is -0.210. The van der Waals surface area contributed by atoms with Crippen LogP contribution in [0.5, 0.6) is 0 Å². The van der Waals surface area contributed by atoms with Crippen LogP contribution in [0.25, 0.3) is 0 Å². The van der Waals surface area contributed by atoms with E-state index < -0.39 is 3.79 Å². The number of allylic oxidation sites excluding steroid dienone is 5. The molecule has 0 aliphatic heterocycles. The summed E-state index contributed by atoms with van der Waals surface area (Å²) < 4.78 is 4.33. The third-order valence-electron chi connectivity index (χ3n) is 2.40. The summed E-state index contributed by atoms with van der Waals surface area (Å²) in [6, 6.07) is 0. The van der Waals surface area contributed by atoms with Gasteiger partial charge in [0.25, 0.3) is 0 Å². The lowest BCUT2D eigenvalue weighted by atomic mass is 10.2. The van der Waals surface area contributed by atoms with Gasteiger partial charge in [-0.3, -0.25) is 0 Å². The zero-order valence-electron chi connectivity index (χ0n) is 10.1. The van der Waals surface area contributed by atoms with E-state index in [1.54, 1.807) is 6.08 Å². The minimum absolute atomic E-state index is 0.162. The predicted molar refractivity (Wildman–Crippen MR) is 80.4 cm³/mol. The molecule has 1 rings (SSSR count). The summed E-state index contributed by atoms with van der Waals surface area (Å²) in [7, 11) is 0. The standard InChI is InChI=1S/C14H17Cl3O/c1-2-3-4-5-6-7-8-12-11-13(12)18-10-9-14(15,16)17/h2-6,11,13H,1,7-10H2/b4-3+,6-5+. The van der Waals surface area contributed by atoms with E-state index in [4.69, 9.17) is 39.5 Å². The first-order valence-electron chi connectivity index (χ1n) is 5.86. The number of hydrogen-bond donors (Lipinski definition) is 0. The maximum absolute atomic E-state index is 5.63. The first kappa shape index (κ1) is 15.8. The van der Waals surface area contributed by atoms with Gasteiger partial charge in [0.2, 0.25) is 0 Å². The van der Waals surface area contributed by atoms with Gasteiger partial charge in [-0.15, -0.1) is 0 Å². The van der Waals surface area contributed by atoms with E-state index in [9.17, 15) is 0 Å². The Morgan fingerprint density at radius 1 is 1.28 bits per heavy atom. The molecule has 18 heavy (non-hydrogen) atoms. The molecule has 0 radical (unpaired) electrons. The second kappa shape index (κ2) is 8.06. The molecule has 0 aromatic heterocycles. The molecule has 0 amide bonds. The molecule has 0 saturated carbocycles. The number of alkyl halides is 3. The zero-order valence-corrected chi connectivity index (χ0v) is 12.4. The summed E-state index contributed by atoms with van der Waals surface area (Å²) in [5.41, 5.74) is 1.33. The van der Waals surface area contributed by atoms with Gasteiger partial charge in [-0.25, -0.2) is 0 Å². The van der Waals surface area contributed by atoms with Crippen molar-refractivity contribution in [3.05, 3.63) is 48.6 Å². The molecule has 0 fully saturated rings. The second-order valence-electron chi connectivity index (χ2n) is 3.99. The average molecular weight is 308 g/mol. The van der Waals surface area contributed by atoms with Gasteiger partial charge in [-0.1, -0.05) is 71.8 Å². The Labute approximate surface area is 124 Å². The lowest BCUT2D eigenvalue weighted by Gasteiger charge is -2.10. The Morgan fingerprint density at radius 3 is 2.72 bits per heavy atom. The minimum atomic E-state index is -1.21. The quantitative estimate of drug-likeness (QED) is 0.342. The SMILES string of the molecule is C=C/C=C/C=C/CCC1=CC1OCCC(Cl)(Cl)Cl.